The molecule has 2 nitrogen and oxygen atoms in total. The molecule has 0 radical (unpaired) electrons. The van der Waals surface area contributed by atoms with Crippen LogP contribution in [0.25, 0.3) is 0 Å². The Labute approximate surface area is 86.8 Å². The van der Waals surface area contributed by atoms with Crippen LogP contribution in [0.4, 0.5) is 0 Å². The molecule has 0 aliphatic carbocycles. The molecule has 1 aromatic heterocycles. The lowest BCUT2D eigenvalue weighted by Gasteiger charge is -2.17. The molecule has 78 valence electrons. The fourth-order valence-corrected chi connectivity index (χ4v) is 1.43. The van der Waals surface area contributed by atoms with Crippen LogP contribution >= 0.6 is 0 Å². The first kappa shape index (κ1) is 11.2. The van der Waals surface area contributed by atoms with Crippen molar-refractivity contribution in [2.24, 2.45) is 5.41 Å². The van der Waals surface area contributed by atoms with Crippen LogP contribution in [0.3, 0.4) is 0 Å². The molecule has 0 bridgehead atoms. The normalized spacial score (nSPS) is 11.6. The standard InChI is InChI=1S/C12H20N2/c1-12(2,3)9-5-4-7-11-8-6-10-13-14-11/h6,8,10H,4-5,7,9H2,1-3H3. The van der Waals surface area contributed by atoms with Crippen LogP contribution < -0.4 is 0 Å². The Morgan fingerprint density at radius 1 is 1.21 bits per heavy atom. The monoisotopic (exact) mass is 192 g/mol. The van der Waals surface area contributed by atoms with Gasteiger partial charge in [-0.05, 0) is 36.8 Å². The van der Waals surface area contributed by atoms with Crippen LogP contribution in [0.1, 0.15) is 45.7 Å². The Morgan fingerprint density at radius 3 is 2.57 bits per heavy atom. The van der Waals surface area contributed by atoms with Crippen molar-refractivity contribution in [3.63, 3.8) is 0 Å². The highest BCUT2D eigenvalue weighted by atomic mass is 15.1. The predicted octanol–water partition coefficient (Wildman–Crippen LogP) is 3.24. The van der Waals surface area contributed by atoms with Crippen LogP contribution in [0.15, 0.2) is 18.3 Å². The van der Waals surface area contributed by atoms with E-state index in [2.05, 4.69) is 31.0 Å². The molecule has 0 amide bonds. The van der Waals surface area contributed by atoms with Crippen molar-refractivity contribution in [1.29, 1.82) is 0 Å². The van der Waals surface area contributed by atoms with Gasteiger partial charge in [0.1, 0.15) is 0 Å². The Hall–Kier alpha value is -0.920. The molecule has 0 saturated heterocycles. The van der Waals surface area contributed by atoms with Crippen LogP contribution in [-0.2, 0) is 6.42 Å². The molecule has 0 N–H and O–H groups in total. The largest absolute Gasteiger partial charge is 0.159 e. The van der Waals surface area contributed by atoms with Crippen LogP contribution in [-0.4, -0.2) is 10.2 Å². The molecule has 0 atom stereocenters. The van der Waals surface area contributed by atoms with Crippen molar-refractivity contribution in [2.75, 3.05) is 0 Å². The Balaban J connectivity index is 2.17. The highest BCUT2D eigenvalue weighted by molar-refractivity contribution is 4.98. The number of aromatic nitrogens is 2. The van der Waals surface area contributed by atoms with Gasteiger partial charge in [0.25, 0.3) is 0 Å². The van der Waals surface area contributed by atoms with Gasteiger partial charge in [-0.15, -0.1) is 0 Å². The lowest BCUT2D eigenvalue weighted by Crippen LogP contribution is -2.04. The smallest absolute Gasteiger partial charge is 0.0631 e. The maximum atomic E-state index is 4.06. The van der Waals surface area contributed by atoms with Gasteiger partial charge in [0.15, 0.2) is 0 Å². The second kappa shape index (κ2) is 5.08. The molecule has 0 fully saturated rings. The van der Waals surface area contributed by atoms with E-state index in [1.807, 2.05) is 12.1 Å². The summed E-state index contributed by atoms with van der Waals surface area (Å²) in [5, 5.41) is 7.92. The van der Waals surface area contributed by atoms with E-state index in [1.165, 1.54) is 19.3 Å². The fourth-order valence-electron chi connectivity index (χ4n) is 1.43. The zero-order valence-electron chi connectivity index (χ0n) is 9.45. The molecule has 0 saturated carbocycles. The molecule has 0 aliphatic rings. The second-order valence-corrected chi connectivity index (χ2v) is 4.98. The van der Waals surface area contributed by atoms with Crippen molar-refractivity contribution in [3.8, 4) is 0 Å². The summed E-state index contributed by atoms with van der Waals surface area (Å²) in [6.07, 6.45) is 6.56. The molecule has 0 aromatic carbocycles. The number of hydrogen-bond donors (Lipinski definition) is 0. The van der Waals surface area contributed by atoms with Gasteiger partial charge in [-0.25, -0.2) is 0 Å². The third-order valence-electron chi connectivity index (χ3n) is 2.24. The Kier molecular flexibility index (Phi) is 4.05. The van der Waals surface area contributed by atoms with E-state index in [-0.39, 0.29) is 0 Å². The van der Waals surface area contributed by atoms with Gasteiger partial charge >= 0.3 is 0 Å². The maximum Gasteiger partial charge on any atom is 0.0631 e. The summed E-state index contributed by atoms with van der Waals surface area (Å²) in [6, 6.07) is 4.00. The molecular weight excluding hydrogens is 172 g/mol. The number of unbranched alkanes of at least 4 members (excludes halogenated alkanes) is 1. The van der Waals surface area contributed by atoms with Gasteiger partial charge in [0.05, 0.1) is 5.69 Å². The summed E-state index contributed by atoms with van der Waals surface area (Å²) < 4.78 is 0. The van der Waals surface area contributed by atoms with Gasteiger partial charge in [-0.2, -0.15) is 10.2 Å². The molecule has 0 unspecified atom stereocenters. The minimum absolute atomic E-state index is 0.461. The van der Waals surface area contributed by atoms with Gasteiger partial charge in [-0.3, -0.25) is 0 Å². The highest BCUT2D eigenvalue weighted by Crippen LogP contribution is 2.21. The van der Waals surface area contributed by atoms with Crippen molar-refractivity contribution < 1.29 is 0 Å². The molecule has 0 spiro atoms. The summed E-state index contributed by atoms with van der Waals surface area (Å²) in [5.74, 6) is 0. The zero-order valence-corrected chi connectivity index (χ0v) is 9.45. The number of nitrogens with zero attached hydrogens (tertiary/aromatic N) is 2. The average molecular weight is 192 g/mol. The van der Waals surface area contributed by atoms with E-state index >= 15 is 0 Å². The summed E-state index contributed by atoms with van der Waals surface area (Å²) >= 11 is 0. The predicted molar refractivity (Wildman–Crippen MR) is 59.0 cm³/mol. The lowest BCUT2D eigenvalue weighted by atomic mass is 9.89. The van der Waals surface area contributed by atoms with Gasteiger partial charge < -0.3 is 0 Å². The summed E-state index contributed by atoms with van der Waals surface area (Å²) in [6.45, 7) is 6.86. The third-order valence-corrected chi connectivity index (χ3v) is 2.24. The highest BCUT2D eigenvalue weighted by Gasteiger charge is 2.08. The SMILES string of the molecule is CC(C)(C)CCCCc1cccnn1. The summed E-state index contributed by atoms with van der Waals surface area (Å²) in [7, 11) is 0. The van der Waals surface area contributed by atoms with E-state index in [0.717, 1.165) is 12.1 Å². The zero-order chi connectivity index (χ0) is 10.4. The fraction of sp³-hybridized carbons (Fsp3) is 0.667. The third kappa shape index (κ3) is 4.95. The van der Waals surface area contributed by atoms with Crippen LogP contribution in [0.2, 0.25) is 0 Å². The van der Waals surface area contributed by atoms with Crippen molar-refractivity contribution in [1.82, 2.24) is 10.2 Å². The molecular formula is C12H20N2. The Bertz CT molecular complexity index is 249. The number of rotatable bonds is 4. The van der Waals surface area contributed by atoms with E-state index in [9.17, 15) is 0 Å². The second-order valence-electron chi connectivity index (χ2n) is 4.98. The van der Waals surface area contributed by atoms with Crippen LogP contribution in [0, 0.1) is 5.41 Å². The maximum absolute atomic E-state index is 4.06. The Morgan fingerprint density at radius 2 is 2.00 bits per heavy atom. The molecule has 1 aromatic rings. The minimum atomic E-state index is 0.461. The molecule has 1 heterocycles. The quantitative estimate of drug-likeness (QED) is 0.684. The molecule has 2 heteroatoms. The van der Waals surface area contributed by atoms with Crippen molar-refractivity contribution in [3.05, 3.63) is 24.0 Å². The van der Waals surface area contributed by atoms with E-state index in [0.29, 0.717) is 5.41 Å². The first-order valence-electron chi connectivity index (χ1n) is 5.34. The topological polar surface area (TPSA) is 25.8 Å². The summed E-state index contributed by atoms with van der Waals surface area (Å²) in [4.78, 5) is 0. The van der Waals surface area contributed by atoms with E-state index in [1.54, 1.807) is 6.20 Å². The molecule has 14 heavy (non-hydrogen) atoms. The molecule has 0 aliphatic heterocycles. The van der Waals surface area contributed by atoms with E-state index < -0.39 is 0 Å². The first-order valence-corrected chi connectivity index (χ1v) is 5.34. The first-order chi connectivity index (χ1) is 6.58. The minimum Gasteiger partial charge on any atom is -0.159 e. The molecule has 1 rings (SSSR count). The average Bonchev–Trinajstić information content (AvgIpc) is 2.13. The van der Waals surface area contributed by atoms with Crippen LogP contribution in [0.5, 0.6) is 0 Å². The van der Waals surface area contributed by atoms with Crippen molar-refractivity contribution >= 4 is 0 Å². The van der Waals surface area contributed by atoms with Gasteiger partial charge in [-0.1, -0.05) is 27.2 Å². The lowest BCUT2D eigenvalue weighted by molar-refractivity contribution is 0.360. The number of aryl methyl sites for hydroxylation is 1. The van der Waals surface area contributed by atoms with Gasteiger partial charge in [0.2, 0.25) is 0 Å². The number of hydrogen-bond acceptors (Lipinski definition) is 2. The van der Waals surface area contributed by atoms with Crippen molar-refractivity contribution in [2.45, 2.75) is 46.5 Å². The summed E-state index contributed by atoms with van der Waals surface area (Å²) in [5.41, 5.74) is 1.57. The van der Waals surface area contributed by atoms with E-state index in [4.69, 9.17) is 0 Å². The van der Waals surface area contributed by atoms with Gasteiger partial charge in [0, 0.05) is 6.20 Å².